The first-order valence-corrected chi connectivity index (χ1v) is 8.59. The Balaban J connectivity index is 1.68. The van der Waals surface area contributed by atoms with E-state index < -0.39 is 11.9 Å². The third-order valence-electron chi connectivity index (χ3n) is 4.42. The highest BCUT2D eigenvalue weighted by Gasteiger charge is 2.39. The van der Waals surface area contributed by atoms with E-state index in [0.717, 1.165) is 0 Å². The smallest absolute Gasteiger partial charge is 0.435 e. The Bertz CT molecular complexity index is 864. The Morgan fingerprint density at radius 3 is 2.71 bits per heavy atom. The van der Waals surface area contributed by atoms with Crippen LogP contribution in [0.1, 0.15) is 27.3 Å². The van der Waals surface area contributed by atoms with Gasteiger partial charge in [-0.1, -0.05) is 0 Å². The molecule has 0 atom stereocenters. The molecule has 0 unspecified atom stereocenters. The molecular weight excluding hydrogens is 379 g/mol. The van der Waals surface area contributed by atoms with Crippen LogP contribution in [-0.4, -0.2) is 43.1 Å². The molecule has 28 heavy (non-hydrogen) atoms. The number of hydrogen-bond donors (Lipinski definition) is 1. The molecule has 0 fully saturated rings. The second kappa shape index (κ2) is 8.09. The number of carbonyl (C=O) groups excluding carboxylic acids is 1. The van der Waals surface area contributed by atoms with Crippen molar-refractivity contribution in [2.75, 3.05) is 27.4 Å². The zero-order valence-electron chi connectivity index (χ0n) is 15.4. The second-order valence-corrected chi connectivity index (χ2v) is 6.12. The molecule has 1 aromatic heterocycles. The van der Waals surface area contributed by atoms with Crippen LogP contribution in [-0.2, 0) is 30.5 Å². The number of amides is 1. The first-order chi connectivity index (χ1) is 13.3. The fourth-order valence-electron chi connectivity index (χ4n) is 3.08. The van der Waals surface area contributed by atoms with Crippen LogP contribution in [0.15, 0.2) is 18.2 Å². The number of hydrogen-bond acceptors (Lipinski definition) is 5. The molecule has 3 rings (SSSR count). The summed E-state index contributed by atoms with van der Waals surface area (Å²) < 4.78 is 56.2. The molecule has 2 aromatic rings. The number of methoxy groups -OCH3 is 2. The van der Waals surface area contributed by atoms with Gasteiger partial charge in [0.25, 0.3) is 5.91 Å². The minimum atomic E-state index is -4.54. The molecule has 0 aliphatic carbocycles. The molecule has 0 spiro atoms. The molecule has 152 valence electrons. The van der Waals surface area contributed by atoms with Gasteiger partial charge in [0.15, 0.2) is 17.2 Å². The summed E-state index contributed by atoms with van der Waals surface area (Å²) in [5.74, 6) is 0.525. The van der Waals surface area contributed by atoms with Gasteiger partial charge in [-0.25, -0.2) is 0 Å². The number of fused-ring (bicyclic) bond motifs is 1. The van der Waals surface area contributed by atoms with E-state index in [2.05, 4.69) is 10.4 Å². The van der Waals surface area contributed by atoms with Gasteiger partial charge in [-0.3, -0.25) is 9.48 Å². The van der Waals surface area contributed by atoms with E-state index in [4.69, 9.17) is 14.2 Å². The highest BCUT2D eigenvalue weighted by atomic mass is 19.4. The van der Waals surface area contributed by atoms with Gasteiger partial charge in [-0.2, -0.15) is 18.3 Å². The number of carbonyl (C=O) groups is 1. The zero-order chi connectivity index (χ0) is 20.3. The minimum Gasteiger partial charge on any atom is -0.493 e. The van der Waals surface area contributed by atoms with Crippen molar-refractivity contribution in [2.24, 2.45) is 0 Å². The molecule has 1 aliphatic rings. The van der Waals surface area contributed by atoms with Gasteiger partial charge in [0.1, 0.15) is 0 Å². The van der Waals surface area contributed by atoms with Crippen molar-refractivity contribution >= 4 is 5.91 Å². The first kappa shape index (κ1) is 20.0. The Morgan fingerprint density at radius 1 is 1.29 bits per heavy atom. The van der Waals surface area contributed by atoms with Crippen molar-refractivity contribution < 1.29 is 32.2 Å². The van der Waals surface area contributed by atoms with Crippen molar-refractivity contribution in [1.82, 2.24) is 15.1 Å². The number of aromatic nitrogens is 2. The Morgan fingerprint density at radius 2 is 2.04 bits per heavy atom. The van der Waals surface area contributed by atoms with Crippen LogP contribution in [0.4, 0.5) is 13.2 Å². The lowest BCUT2D eigenvalue weighted by molar-refractivity contribution is -0.142. The van der Waals surface area contributed by atoms with E-state index in [9.17, 15) is 18.0 Å². The SMILES string of the molecule is COc1ccc(C(=O)NCCn2nc(C(F)(F)F)c3c2CCOC3)cc1OC. The molecule has 0 bridgehead atoms. The van der Waals surface area contributed by atoms with Crippen LogP contribution >= 0.6 is 0 Å². The number of halogens is 3. The molecule has 1 amide bonds. The topological polar surface area (TPSA) is 74.6 Å². The average Bonchev–Trinajstić information content (AvgIpc) is 3.06. The van der Waals surface area contributed by atoms with Gasteiger partial charge in [-0.15, -0.1) is 0 Å². The van der Waals surface area contributed by atoms with Crippen molar-refractivity contribution in [3.05, 3.63) is 40.7 Å². The fraction of sp³-hybridized carbons (Fsp3) is 0.444. The summed E-state index contributed by atoms with van der Waals surface area (Å²) in [5.41, 5.74) is 0.00171. The van der Waals surface area contributed by atoms with Gasteiger partial charge < -0.3 is 19.5 Å². The first-order valence-electron chi connectivity index (χ1n) is 8.59. The quantitative estimate of drug-likeness (QED) is 0.808. The predicted octanol–water partition coefficient (Wildman–Crippen LogP) is 2.42. The van der Waals surface area contributed by atoms with E-state index >= 15 is 0 Å². The van der Waals surface area contributed by atoms with Crippen LogP contribution < -0.4 is 14.8 Å². The molecule has 10 heteroatoms. The summed E-state index contributed by atoms with van der Waals surface area (Å²) in [4.78, 5) is 12.3. The summed E-state index contributed by atoms with van der Waals surface area (Å²) >= 11 is 0. The van der Waals surface area contributed by atoms with Crippen LogP contribution in [0.5, 0.6) is 11.5 Å². The van der Waals surface area contributed by atoms with Gasteiger partial charge in [0, 0.05) is 29.8 Å². The fourth-order valence-corrected chi connectivity index (χ4v) is 3.08. The third-order valence-corrected chi connectivity index (χ3v) is 4.42. The number of nitrogens with one attached hydrogen (secondary N) is 1. The van der Waals surface area contributed by atoms with Gasteiger partial charge in [-0.05, 0) is 18.2 Å². The molecule has 0 radical (unpaired) electrons. The Hall–Kier alpha value is -2.75. The van der Waals surface area contributed by atoms with Crippen LogP contribution in [0.2, 0.25) is 0 Å². The minimum absolute atomic E-state index is 0.0740. The lowest BCUT2D eigenvalue weighted by atomic mass is 10.1. The molecular formula is C18H20F3N3O4. The number of rotatable bonds is 6. The maximum Gasteiger partial charge on any atom is 0.435 e. The molecule has 0 saturated carbocycles. The van der Waals surface area contributed by atoms with Gasteiger partial charge >= 0.3 is 6.18 Å². The standard InChI is InChI=1S/C18H20F3N3O4/c1-26-14-4-3-11(9-15(14)27-2)17(25)22-6-7-24-13-5-8-28-10-12(13)16(23-24)18(19,20)21/h3-4,9H,5-8,10H2,1-2H3,(H,22,25). The van der Waals surface area contributed by atoms with Crippen LogP contribution in [0, 0.1) is 0 Å². The summed E-state index contributed by atoms with van der Waals surface area (Å²) in [7, 11) is 2.95. The molecule has 7 nitrogen and oxygen atoms in total. The second-order valence-electron chi connectivity index (χ2n) is 6.12. The monoisotopic (exact) mass is 399 g/mol. The largest absolute Gasteiger partial charge is 0.493 e. The highest BCUT2D eigenvalue weighted by molar-refractivity contribution is 5.94. The van der Waals surface area contributed by atoms with Crippen molar-refractivity contribution in [2.45, 2.75) is 25.7 Å². The van der Waals surface area contributed by atoms with E-state index in [0.29, 0.717) is 35.8 Å². The number of alkyl halides is 3. The van der Waals surface area contributed by atoms with E-state index in [1.807, 2.05) is 0 Å². The number of benzene rings is 1. The maximum atomic E-state index is 13.2. The number of ether oxygens (including phenoxy) is 3. The summed E-state index contributed by atoms with van der Waals surface area (Å²) in [5, 5.41) is 6.39. The highest BCUT2D eigenvalue weighted by Crippen LogP contribution is 2.34. The van der Waals surface area contributed by atoms with Gasteiger partial charge in [0.2, 0.25) is 0 Å². The molecule has 0 saturated heterocycles. The average molecular weight is 399 g/mol. The van der Waals surface area contributed by atoms with Crippen molar-refractivity contribution in [1.29, 1.82) is 0 Å². The van der Waals surface area contributed by atoms with E-state index in [1.54, 1.807) is 12.1 Å². The van der Waals surface area contributed by atoms with E-state index in [-0.39, 0.29) is 31.2 Å². The lowest BCUT2D eigenvalue weighted by Gasteiger charge is -2.15. The molecule has 1 aromatic carbocycles. The van der Waals surface area contributed by atoms with Crippen molar-refractivity contribution in [3.8, 4) is 11.5 Å². The Kier molecular flexibility index (Phi) is 5.78. The van der Waals surface area contributed by atoms with Crippen LogP contribution in [0.25, 0.3) is 0 Å². The molecule has 2 heterocycles. The number of nitrogens with zero attached hydrogens (tertiary/aromatic N) is 2. The van der Waals surface area contributed by atoms with E-state index in [1.165, 1.54) is 25.0 Å². The Labute approximate surface area is 159 Å². The van der Waals surface area contributed by atoms with Gasteiger partial charge in [0.05, 0.1) is 34.0 Å². The molecule has 1 aliphatic heterocycles. The maximum absolute atomic E-state index is 13.2. The summed E-state index contributed by atoms with van der Waals surface area (Å²) in [6.45, 7) is 0.479. The van der Waals surface area contributed by atoms with Crippen molar-refractivity contribution in [3.63, 3.8) is 0 Å². The molecule has 1 N–H and O–H groups in total. The lowest BCUT2D eigenvalue weighted by Crippen LogP contribution is -2.28. The third kappa shape index (κ3) is 4.06. The summed E-state index contributed by atoms with van der Waals surface area (Å²) in [6, 6.07) is 4.71. The van der Waals surface area contributed by atoms with Crippen LogP contribution in [0.3, 0.4) is 0 Å². The predicted molar refractivity (Wildman–Crippen MR) is 92.5 cm³/mol. The normalized spacial score (nSPS) is 13.8. The summed E-state index contributed by atoms with van der Waals surface area (Å²) in [6.07, 6.45) is -4.19. The zero-order valence-corrected chi connectivity index (χ0v) is 15.4.